The predicted molar refractivity (Wildman–Crippen MR) is 70.7 cm³/mol. The number of fused-ring (bicyclic) bond motifs is 3. The highest BCUT2D eigenvalue weighted by molar-refractivity contribution is 5.77. The average Bonchev–Trinajstić information content (AvgIpc) is 2.80. The highest BCUT2D eigenvalue weighted by Gasteiger charge is 2.47. The van der Waals surface area contributed by atoms with Gasteiger partial charge in [0.15, 0.2) is 0 Å². The second kappa shape index (κ2) is 4.58. The summed E-state index contributed by atoms with van der Waals surface area (Å²) in [4.78, 5) is 14.2. The minimum absolute atomic E-state index is 0.0661. The standard InChI is InChI=1S/C15H16N2O2/c1-19-15(18)11-6-4-8-17-13-7-3-2-5-10(13)12(9-16)14(11)17/h2-3,5,7,11-12,14H,4,6,8H2,1H3/t11-,12?,14-/m0/s1. The monoisotopic (exact) mass is 256 g/mol. The third kappa shape index (κ3) is 1.69. The van der Waals surface area contributed by atoms with Crippen LogP contribution in [0.5, 0.6) is 0 Å². The number of carbonyl (C=O) groups is 1. The lowest BCUT2D eigenvalue weighted by Gasteiger charge is -2.37. The number of hydrogen-bond donors (Lipinski definition) is 0. The van der Waals surface area contributed by atoms with E-state index in [4.69, 9.17) is 4.74 Å². The number of carbonyl (C=O) groups excluding carboxylic acids is 1. The van der Waals surface area contributed by atoms with E-state index in [0.717, 1.165) is 30.6 Å². The Morgan fingerprint density at radius 2 is 2.26 bits per heavy atom. The Morgan fingerprint density at radius 1 is 1.47 bits per heavy atom. The van der Waals surface area contributed by atoms with E-state index < -0.39 is 0 Å². The van der Waals surface area contributed by atoms with E-state index in [0.29, 0.717) is 0 Å². The van der Waals surface area contributed by atoms with Gasteiger partial charge in [0.05, 0.1) is 31.1 Å². The molecule has 0 saturated carbocycles. The molecule has 1 saturated heterocycles. The van der Waals surface area contributed by atoms with Gasteiger partial charge in [-0.2, -0.15) is 5.26 Å². The van der Waals surface area contributed by atoms with Crippen molar-refractivity contribution in [1.29, 1.82) is 5.26 Å². The third-order valence-electron chi connectivity index (χ3n) is 4.25. The Morgan fingerprint density at radius 3 is 3.00 bits per heavy atom. The van der Waals surface area contributed by atoms with Crippen molar-refractivity contribution < 1.29 is 9.53 Å². The molecular weight excluding hydrogens is 240 g/mol. The van der Waals surface area contributed by atoms with Gasteiger partial charge in [-0.1, -0.05) is 18.2 Å². The van der Waals surface area contributed by atoms with E-state index in [1.807, 2.05) is 24.3 Å². The highest BCUT2D eigenvalue weighted by atomic mass is 16.5. The van der Waals surface area contributed by atoms with E-state index in [9.17, 15) is 10.1 Å². The number of para-hydroxylation sites is 1. The van der Waals surface area contributed by atoms with E-state index in [1.54, 1.807) is 0 Å². The zero-order valence-corrected chi connectivity index (χ0v) is 10.9. The van der Waals surface area contributed by atoms with Crippen LogP contribution in [-0.4, -0.2) is 25.7 Å². The van der Waals surface area contributed by atoms with Crippen molar-refractivity contribution in [3.05, 3.63) is 29.8 Å². The molecule has 0 spiro atoms. The minimum Gasteiger partial charge on any atom is -0.469 e. The molecule has 0 aromatic heterocycles. The summed E-state index contributed by atoms with van der Waals surface area (Å²) in [6, 6.07) is 10.3. The number of benzene rings is 1. The van der Waals surface area contributed by atoms with Gasteiger partial charge in [-0.05, 0) is 24.5 Å². The van der Waals surface area contributed by atoms with Gasteiger partial charge in [0.2, 0.25) is 0 Å². The molecule has 4 nitrogen and oxygen atoms in total. The largest absolute Gasteiger partial charge is 0.469 e. The summed E-state index contributed by atoms with van der Waals surface area (Å²) in [6.45, 7) is 0.910. The molecule has 0 N–H and O–H groups in total. The van der Waals surface area contributed by atoms with Crippen LogP contribution in [0.15, 0.2) is 24.3 Å². The van der Waals surface area contributed by atoms with Gasteiger partial charge in [-0.25, -0.2) is 0 Å². The smallest absolute Gasteiger partial charge is 0.310 e. The lowest BCUT2D eigenvalue weighted by atomic mass is 9.82. The number of nitriles is 1. The molecule has 2 heterocycles. The summed E-state index contributed by atoms with van der Waals surface area (Å²) in [6.07, 6.45) is 1.77. The summed E-state index contributed by atoms with van der Waals surface area (Å²) >= 11 is 0. The topological polar surface area (TPSA) is 53.3 Å². The van der Waals surface area contributed by atoms with Crippen LogP contribution in [-0.2, 0) is 9.53 Å². The Labute approximate surface area is 112 Å². The molecule has 2 aliphatic heterocycles. The zero-order valence-electron chi connectivity index (χ0n) is 10.9. The van der Waals surface area contributed by atoms with Crippen molar-refractivity contribution in [1.82, 2.24) is 0 Å². The van der Waals surface area contributed by atoms with Gasteiger partial charge < -0.3 is 9.64 Å². The Hall–Kier alpha value is -2.02. The summed E-state index contributed by atoms with van der Waals surface area (Å²) < 4.78 is 4.91. The fraction of sp³-hybridized carbons (Fsp3) is 0.467. The molecule has 1 aromatic rings. The molecule has 98 valence electrons. The predicted octanol–water partition coefficient (Wildman–Crippen LogP) is 2.07. The maximum Gasteiger partial charge on any atom is 0.310 e. The number of ether oxygens (including phenoxy) is 1. The fourth-order valence-electron chi connectivity index (χ4n) is 3.46. The van der Waals surface area contributed by atoms with Gasteiger partial charge >= 0.3 is 5.97 Å². The van der Waals surface area contributed by atoms with Crippen molar-refractivity contribution in [3.8, 4) is 6.07 Å². The molecule has 19 heavy (non-hydrogen) atoms. The SMILES string of the molecule is COC(=O)[C@H]1CCCN2c3ccccc3C(C#N)[C@H]12. The minimum atomic E-state index is -0.236. The summed E-state index contributed by atoms with van der Waals surface area (Å²) in [5.74, 6) is -0.626. The zero-order chi connectivity index (χ0) is 13.4. The van der Waals surface area contributed by atoms with Crippen LogP contribution in [0.4, 0.5) is 5.69 Å². The molecule has 0 aliphatic carbocycles. The molecule has 2 aliphatic rings. The number of methoxy groups -OCH3 is 1. The first kappa shape index (κ1) is 12.0. The van der Waals surface area contributed by atoms with Crippen molar-refractivity contribution in [2.75, 3.05) is 18.6 Å². The van der Waals surface area contributed by atoms with Gasteiger partial charge in [-0.15, -0.1) is 0 Å². The summed E-state index contributed by atoms with van der Waals surface area (Å²) in [5.41, 5.74) is 2.15. The Bertz CT molecular complexity index is 549. The number of anilines is 1. The molecule has 1 fully saturated rings. The fourth-order valence-corrected chi connectivity index (χ4v) is 3.46. The van der Waals surface area contributed by atoms with Crippen LogP contribution >= 0.6 is 0 Å². The summed E-state index contributed by atoms with van der Waals surface area (Å²) in [5, 5.41) is 9.50. The lowest BCUT2D eigenvalue weighted by Crippen LogP contribution is -2.47. The van der Waals surface area contributed by atoms with Crippen molar-refractivity contribution in [2.45, 2.75) is 24.8 Å². The van der Waals surface area contributed by atoms with Crippen LogP contribution in [0, 0.1) is 17.2 Å². The molecule has 0 radical (unpaired) electrons. The highest BCUT2D eigenvalue weighted by Crippen LogP contribution is 2.46. The average molecular weight is 256 g/mol. The van der Waals surface area contributed by atoms with Crippen LogP contribution in [0.25, 0.3) is 0 Å². The third-order valence-corrected chi connectivity index (χ3v) is 4.25. The quantitative estimate of drug-likeness (QED) is 0.722. The first-order valence-electron chi connectivity index (χ1n) is 6.61. The first-order chi connectivity index (χ1) is 9.27. The first-order valence-corrected chi connectivity index (χ1v) is 6.61. The molecular formula is C15H16N2O2. The van der Waals surface area contributed by atoms with Crippen molar-refractivity contribution in [2.24, 2.45) is 5.92 Å². The van der Waals surface area contributed by atoms with E-state index in [-0.39, 0.29) is 23.8 Å². The Kier molecular flexibility index (Phi) is 2.90. The van der Waals surface area contributed by atoms with E-state index in [1.165, 1.54) is 7.11 Å². The normalized spacial score (nSPS) is 28.2. The van der Waals surface area contributed by atoms with Gasteiger partial charge in [-0.3, -0.25) is 4.79 Å². The van der Waals surface area contributed by atoms with E-state index in [2.05, 4.69) is 11.0 Å². The van der Waals surface area contributed by atoms with Crippen molar-refractivity contribution in [3.63, 3.8) is 0 Å². The summed E-state index contributed by atoms with van der Waals surface area (Å²) in [7, 11) is 1.42. The maximum atomic E-state index is 12.0. The van der Waals surface area contributed by atoms with E-state index >= 15 is 0 Å². The molecule has 1 aromatic carbocycles. The van der Waals surface area contributed by atoms with Gasteiger partial charge in [0, 0.05) is 12.2 Å². The number of nitrogens with zero attached hydrogens (tertiary/aromatic N) is 2. The molecule has 3 atom stereocenters. The number of rotatable bonds is 1. The Balaban J connectivity index is 2.04. The van der Waals surface area contributed by atoms with Crippen LogP contribution in [0.1, 0.15) is 24.3 Å². The second-order valence-corrected chi connectivity index (χ2v) is 5.12. The second-order valence-electron chi connectivity index (χ2n) is 5.12. The van der Waals surface area contributed by atoms with Crippen molar-refractivity contribution >= 4 is 11.7 Å². The van der Waals surface area contributed by atoms with Crippen LogP contribution in [0.3, 0.4) is 0 Å². The molecule has 3 rings (SSSR count). The number of hydrogen-bond acceptors (Lipinski definition) is 4. The van der Waals surface area contributed by atoms with Crippen LogP contribution in [0.2, 0.25) is 0 Å². The molecule has 1 unspecified atom stereocenters. The number of piperidine rings is 1. The molecule has 4 heteroatoms. The maximum absolute atomic E-state index is 12.0. The van der Waals surface area contributed by atoms with Gasteiger partial charge in [0.25, 0.3) is 0 Å². The molecule has 0 amide bonds. The lowest BCUT2D eigenvalue weighted by molar-refractivity contribution is -0.147. The number of esters is 1. The molecule has 0 bridgehead atoms. The van der Waals surface area contributed by atoms with Gasteiger partial charge in [0.1, 0.15) is 0 Å². The van der Waals surface area contributed by atoms with Crippen LogP contribution < -0.4 is 4.90 Å².